The number of carbonyl (C=O) groups excluding carboxylic acids is 1. The number of pyridine rings is 1. The largest absolute Gasteiger partial charge is 0.361 e. The Morgan fingerprint density at radius 3 is 2.56 bits per heavy atom. The van der Waals surface area contributed by atoms with Crippen molar-refractivity contribution < 1.29 is 17.7 Å². The van der Waals surface area contributed by atoms with Crippen LogP contribution in [0.15, 0.2) is 52.0 Å². The van der Waals surface area contributed by atoms with Crippen LogP contribution in [-0.4, -0.2) is 24.5 Å². The first-order valence-electron chi connectivity index (χ1n) is 7.44. The molecular weight excluding hydrogens is 415 g/mol. The van der Waals surface area contributed by atoms with Crippen molar-refractivity contribution >= 4 is 50.5 Å². The van der Waals surface area contributed by atoms with Gasteiger partial charge in [0, 0.05) is 5.69 Å². The molecule has 2 heterocycles. The third kappa shape index (κ3) is 4.38. The molecule has 11 heteroatoms. The van der Waals surface area contributed by atoms with E-state index < -0.39 is 15.9 Å². The average molecular weight is 427 g/mol. The first-order chi connectivity index (χ1) is 12.8. The molecule has 1 amide bonds. The molecule has 8 nitrogen and oxygen atoms in total. The van der Waals surface area contributed by atoms with E-state index in [2.05, 4.69) is 20.2 Å². The molecule has 0 atom stereocenters. The fourth-order valence-corrected chi connectivity index (χ4v) is 3.90. The number of benzene rings is 1. The molecule has 3 aromatic rings. The minimum Gasteiger partial charge on any atom is -0.361 e. The van der Waals surface area contributed by atoms with E-state index in [-0.39, 0.29) is 26.5 Å². The lowest BCUT2D eigenvalue weighted by atomic mass is 10.2. The van der Waals surface area contributed by atoms with E-state index >= 15 is 0 Å². The zero-order chi connectivity index (χ0) is 19.6. The summed E-state index contributed by atoms with van der Waals surface area (Å²) in [6.45, 7) is 1.61. The zero-order valence-corrected chi connectivity index (χ0v) is 16.1. The van der Waals surface area contributed by atoms with Crippen molar-refractivity contribution in [2.24, 2.45) is 0 Å². The Labute approximate surface area is 164 Å². The number of hydrogen-bond acceptors (Lipinski definition) is 6. The van der Waals surface area contributed by atoms with Crippen LogP contribution in [0.5, 0.6) is 0 Å². The van der Waals surface area contributed by atoms with Gasteiger partial charge < -0.3 is 9.84 Å². The molecule has 0 fully saturated rings. The summed E-state index contributed by atoms with van der Waals surface area (Å²) in [5.74, 6) is -0.0621. The number of aryl methyl sites for hydroxylation is 1. The maximum Gasteiger partial charge on any atom is 0.264 e. The number of nitrogens with zero attached hydrogens (tertiary/aromatic N) is 2. The molecule has 1 aromatic carbocycles. The van der Waals surface area contributed by atoms with Gasteiger partial charge in [0.2, 0.25) is 0 Å². The maximum atomic E-state index is 12.5. The zero-order valence-electron chi connectivity index (χ0n) is 13.7. The number of carbonyl (C=O) groups is 1. The molecule has 0 bridgehead atoms. The molecule has 0 saturated carbocycles. The molecule has 27 heavy (non-hydrogen) atoms. The lowest BCUT2D eigenvalue weighted by Gasteiger charge is -2.11. The van der Waals surface area contributed by atoms with Crippen LogP contribution in [0.2, 0.25) is 10.3 Å². The van der Waals surface area contributed by atoms with E-state index in [0.29, 0.717) is 11.4 Å². The Bertz CT molecular complexity index is 1120. The van der Waals surface area contributed by atoms with Gasteiger partial charge in [-0.05, 0) is 37.3 Å². The summed E-state index contributed by atoms with van der Waals surface area (Å²) in [6, 6.07) is 8.73. The van der Waals surface area contributed by atoms with Crippen molar-refractivity contribution in [3.8, 4) is 0 Å². The van der Waals surface area contributed by atoms with Gasteiger partial charge in [-0.3, -0.25) is 9.52 Å². The number of amides is 1. The summed E-state index contributed by atoms with van der Waals surface area (Å²) >= 11 is 11.6. The molecule has 0 spiro atoms. The number of hydrogen-bond donors (Lipinski definition) is 2. The van der Waals surface area contributed by atoms with Crippen LogP contribution in [0, 0.1) is 6.92 Å². The van der Waals surface area contributed by atoms with E-state index in [1.54, 1.807) is 19.1 Å². The second kappa shape index (κ2) is 7.55. The maximum absolute atomic E-state index is 12.5. The average Bonchev–Trinajstić information content (AvgIpc) is 3.00. The first kappa shape index (κ1) is 19.2. The van der Waals surface area contributed by atoms with Gasteiger partial charge in [-0.25, -0.2) is 13.4 Å². The van der Waals surface area contributed by atoms with Crippen LogP contribution in [0.25, 0.3) is 0 Å². The van der Waals surface area contributed by atoms with Crippen molar-refractivity contribution in [1.29, 1.82) is 0 Å². The van der Waals surface area contributed by atoms with Crippen molar-refractivity contribution in [2.45, 2.75) is 11.8 Å². The molecule has 2 N–H and O–H groups in total. The van der Waals surface area contributed by atoms with Crippen LogP contribution in [0.4, 0.5) is 11.4 Å². The van der Waals surface area contributed by atoms with E-state index in [1.807, 2.05) is 0 Å². The Kier molecular flexibility index (Phi) is 5.36. The highest BCUT2D eigenvalue weighted by Crippen LogP contribution is 2.25. The van der Waals surface area contributed by atoms with Gasteiger partial charge in [-0.1, -0.05) is 34.4 Å². The highest BCUT2D eigenvalue weighted by Gasteiger charge is 2.20. The summed E-state index contributed by atoms with van der Waals surface area (Å²) in [6.07, 6.45) is 1.30. The van der Waals surface area contributed by atoms with Crippen molar-refractivity contribution in [2.75, 3.05) is 10.0 Å². The molecular formula is C16H12Cl2N4O4S. The normalized spacial score (nSPS) is 11.2. The van der Waals surface area contributed by atoms with Crippen LogP contribution in [-0.2, 0) is 10.0 Å². The Morgan fingerprint density at radius 1 is 1.15 bits per heavy atom. The molecule has 140 valence electrons. The van der Waals surface area contributed by atoms with Crippen molar-refractivity contribution in [1.82, 2.24) is 10.1 Å². The van der Waals surface area contributed by atoms with Crippen LogP contribution in [0.3, 0.4) is 0 Å². The smallest absolute Gasteiger partial charge is 0.264 e. The topological polar surface area (TPSA) is 114 Å². The molecule has 0 aliphatic rings. The van der Waals surface area contributed by atoms with Crippen molar-refractivity contribution in [3.63, 3.8) is 0 Å². The summed E-state index contributed by atoms with van der Waals surface area (Å²) in [5, 5.41) is 6.01. The fourth-order valence-electron chi connectivity index (χ4n) is 2.19. The minimum absolute atomic E-state index is 0.0766. The summed E-state index contributed by atoms with van der Waals surface area (Å²) in [4.78, 5) is 15.7. The van der Waals surface area contributed by atoms with E-state index in [0.717, 1.165) is 0 Å². The number of nitrogens with one attached hydrogen (secondary N) is 2. The second-order valence-electron chi connectivity index (χ2n) is 5.36. The fraction of sp³-hybridized carbons (Fsp3) is 0.0625. The quantitative estimate of drug-likeness (QED) is 0.600. The number of sulfonamides is 1. The lowest BCUT2D eigenvalue weighted by molar-refractivity contribution is 0.102. The van der Waals surface area contributed by atoms with Gasteiger partial charge in [0.05, 0.1) is 11.9 Å². The van der Waals surface area contributed by atoms with E-state index in [4.69, 9.17) is 27.7 Å². The SMILES string of the molecule is Cc1oncc1C(=O)Nc1cccc(NS(=O)(=O)c2ccc(Cl)nc2Cl)c1. The predicted octanol–water partition coefficient (Wildman–Crippen LogP) is 3.74. The number of aromatic nitrogens is 2. The van der Waals surface area contributed by atoms with Gasteiger partial charge in [0.15, 0.2) is 5.15 Å². The van der Waals surface area contributed by atoms with E-state index in [1.165, 1.54) is 30.5 Å². The van der Waals surface area contributed by atoms with E-state index in [9.17, 15) is 13.2 Å². The number of anilines is 2. The lowest BCUT2D eigenvalue weighted by Crippen LogP contribution is -2.15. The predicted molar refractivity (Wildman–Crippen MR) is 101 cm³/mol. The third-order valence-electron chi connectivity index (χ3n) is 3.44. The van der Waals surface area contributed by atoms with Gasteiger partial charge in [0.1, 0.15) is 21.4 Å². The highest BCUT2D eigenvalue weighted by atomic mass is 35.5. The molecule has 0 radical (unpaired) electrons. The summed E-state index contributed by atoms with van der Waals surface area (Å²) in [5.41, 5.74) is 0.877. The molecule has 0 saturated heterocycles. The van der Waals surface area contributed by atoms with Gasteiger partial charge in [0.25, 0.3) is 15.9 Å². The Hall–Kier alpha value is -2.62. The second-order valence-corrected chi connectivity index (χ2v) is 7.76. The standard InChI is InChI=1S/C16H12Cl2N4O4S/c1-9-12(8-19-26-9)16(23)20-10-3-2-4-11(7-10)22-27(24,25)13-5-6-14(17)21-15(13)18/h2-8,22H,1H3,(H,20,23). The molecule has 0 unspecified atom stereocenters. The van der Waals surface area contributed by atoms with Crippen molar-refractivity contribution in [3.05, 3.63) is 64.2 Å². The Balaban J connectivity index is 1.81. The van der Waals surface area contributed by atoms with Crippen LogP contribution in [0.1, 0.15) is 16.1 Å². The summed E-state index contributed by atoms with van der Waals surface area (Å²) < 4.78 is 32.3. The van der Waals surface area contributed by atoms with Crippen LogP contribution < -0.4 is 10.0 Å². The van der Waals surface area contributed by atoms with Gasteiger partial charge in [-0.2, -0.15) is 0 Å². The first-order valence-corrected chi connectivity index (χ1v) is 9.68. The molecule has 2 aromatic heterocycles. The Morgan fingerprint density at radius 2 is 1.89 bits per heavy atom. The molecule has 0 aliphatic carbocycles. The third-order valence-corrected chi connectivity index (χ3v) is 5.46. The highest BCUT2D eigenvalue weighted by molar-refractivity contribution is 7.92. The molecule has 0 aliphatic heterocycles. The monoisotopic (exact) mass is 426 g/mol. The molecule has 3 rings (SSSR count). The number of rotatable bonds is 5. The number of halogens is 2. The van der Waals surface area contributed by atoms with Crippen LogP contribution >= 0.6 is 23.2 Å². The minimum atomic E-state index is -4.00. The summed E-state index contributed by atoms with van der Waals surface area (Å²) in [7, 11) is -4.00. The van der Waals surface area contributed by atoms with Gasteiger partial charge in [-0.15, -0.1) is 0 Å². The van der Waals surface area contributed by atoms with Gasteiger partial charge >= 0.3 is 0 Å².